The number of halogens is 6. The number of nitrogens with one attached hydrogen (secondary N) is 3. The van der Waals surface area contributed by atoms with Crippen molar-refractivity contribution in [3.8, 4) is 33.8 Å². The Bertz CT molecular complexity index is 5380. The maximum atomic E-state index is 14.0. The molecule has 3 aliphatic rings. The Morgan fingerprint density at radius 3 is 1.13 bits per heavy atom. The molecule has 0 amide bonds. The van der Waals surface area contributed by atoms with Crippen LogP contribution < -0.4 is 16.0 Å². The van der Waals surface area contributed by atoms with E-state index < -0.39 is 31.9 Å². The number of benzene rings is 9. The highest BCUT2D eigenvalue weighted by Crippen LogP contribution is 2.47. The summed E-state index contributed by atoms with van der Waals surface area (Å²) in [6.45, 7) is 0.341. The molecule has 0 saturated carbocycles. The predicted molar refractivity (Wildman–Crippen MR) is 407 cm³/mol. The van der Waals surface area contributed by atoms with Gasteiger partial charge in [-0.2, -0.15) is 16.8 Å². The van der Waals surface area contributed by atoms with Crippen LogP contribution in [-0.2, 0) is 67.1 Å². The van der Waals surface area contributed by atoms with Gasteiger partial charge in [0.1, 0.15) is 0 Å². The van der Waals surface area contributed by atoms with E-state index in [2.05, 4.69) is 61.2 Å². The minimum absolute atomic E-state index is 0.0834. The summed E-state index contributed by atoms with van der Waals surface area (Å²) in [6.07, 6.45) is 11.3. The van der Waals surface area contributed by atoms with Crippen molar-refractivity contribution in [3.63, 3.8) is 0 Å². The van der Waals surface area contributed by atoms with E-state index >= 15 is 0 Å². The number of aliphatic hydroxyl groups excluding tert-OH is 1. The molecule has 3 atom stereocenters. The Kier molecular flexibility index (Phi) is 22.5. The highest BCUT2D eigenvalue weighted by atomic mass is 35.5. The molecule has 24 heteroatoms. The molecule has 16 nitrogen and oxygen atoms in total. The number of anilines is 6. The summed E-state index contributed by atoms with van der Waals surface area (Å²) in [5, 5.41) is 21.4. The van der Waals surface area contributed by atoms with Gasteiger partial charge >= 0.3 is 0 Å². The number of aliphatic hydroxyl groups is 1. The summed E-state index contributed by atoms with van der Waals surface area (Å²) < 4.78 is 81.5. The lowest BCUT2D eigenvalue weighted by Crippen LogP contribution is -2.15. The standard InChI is InChI=1S/C27H23Cl2N3O3S.C27H23F2N3O3S.C26H21Cl2N3O/c1-36(33,34)35-13-12-17-6-9-20(10-7-17)31-27-30-16-18-14-24(22-11-8-19(28)15-25(22)29)21-4-2-3-5-23(21)26(18)32-27;1-36(33,34)35-13-12-17-6-9-20(10-7-17)31-27-30-16-19-14-23(18-8-11-24(28)25(29)15-18)21-4-2-3-5-22(21)26(19)32-27;27-18-7-10-21(24(28)14-18)23-13-17-15-29-26(30-19-8-5-16(6-9-19)11-12-32)31-25(17)22-4-2-1-3-20(22)23/h2-11,15-16,24H,12-14H2,1H3,(H,30,31,32);2-11,15-16,23H,12-14H2,1H3,(H,30,31,32);1-10,14-15,23,32H,11-13H2,(H,29,30,31)/t;23-;/m.1./s1. The van der Waals surface area contributed by atoms with E-state index in [1.54, 1.807) is 24.4 Å². The Labute approximate surface area is 621 Å². The van der Waals surface area contributed by atoms with E-state index in [1.165, 1.54) is 17.2 Å². The minimum Gasteiger partial charge on any atom is -0.396 e. The average molecular weight is 1510 g/mol. The van der Waals surface area contributed by atoms with Crippen LogP contribution in [0.1, 0.15) is 84.5 Å². The monoisotopic (exact) mass is 1510 g/mol. The second-order valence-corrected chi connectivity index (χ2v) is 30.2. The zero-order valence-electron chi connectivity index (χ0n) is 56.0. The topological polar surface area (TPSA) is 220 Å². The van der Waals surface area contributed by atoms with Crippen LogP contribution in [0.15, 0.2) is 219 Å². The second kappa shape index (κ2) is 32.2. The number of hydrogen-bond acceptors (Lipinski definition) is 16. The van der Waals surface area contributed by atoms with Crippen molar-refractivity contribution in [2.75, 3.05) is 48.3 Å². The fourth-order valence-electron chi connectivity index (χ4n) is 13.1. The first-order chi connectivity index (χ1) is 50.1. The van der Waals surface area contributed by atoms with E-state index in [9.17, 15) is 25.6 Å². The van der Waals surface area contributed by atoms with Crippen molar-refractivity contribution in [1.82, 2.24) is 29.9 Å². The molecule has 0 spiro atoms. The van der Waals surface area contributed by atoms with Crippen molar-refractivity contribution in [2.24, 2.45) is 0 Å². The van der Waals surface area contributed by atoms with Gasteiger partial charge < -0.3 is 21.1 Å². The fourth-order valence-corrected chi connectivity index (χ4v) is 15.0. The largest absolute Gasteiger partial charge is 0.396 e. The van der Waals surface area contributed by atoms with Crippen molar-refractivity contribution >= 4 is 102 Å². The Morgan fingerprint density at radius 1 is 0.423 bits per heavy atom. The molecule has 0 bridgehead atoms. The van der Waals surface area contributed by atoms with Gasteiger partial charge in [-0.3, -0.25) is 8.37 Å². The van der Waals surface area contributed by atoms with Crippen molar-refractivity contribution in [3.05, 3.63) is 317 Å². The molecule has 2 unspecified atom stereocenters. The first kappa shape index (κ1) is 72.8. The number of fused-ring (bicyclic) bond motifs is 9. The summed E-state index contributed by atoms with van der Waals surface area (Å²) in [5.41, 5.74) is 20.5. The van der Waals surface area contributed by atoms with Crippen LogP contribution in [-0.4, -0.2) is 84.2 Å². The Hall–Kier alpha value is -9.58. The fraction of sp³-hybridized carbons (Fsp3) is 0.175. The highest BCUT2D eigenvalue weighted by Gasteiger charge is 2.32. The van der Waals surface area contributed by atoms with Crippen LogP contribution in [0.3, 0.4) is 0 Å². The quantitative estimate of drug-likeness (QED) is 0.0553. The van der Waals surface area contributed by atoms with E-state index in [0.29, 0.717) is 69.2 Å². The van der Waals surface area contributed by atoms with Gasteiger partial charge in [-0.15, -0.1) is 0 Å². The van der Waals surface area contributed by atoms with Gasteiger partial charge in [-0.25, -0.2) is 38.7 Å². The average Bonchev–Trinajstić information content (AvgIpc) is 0.756. The van der Waals surface area contributed by atoms with E-state index in [1.807, 2.05) is 152 Å². The first-order valence-electron chi connectivity index (χ1n) is 33.2. The lowest BCUT2D eigenvalue weighted by molar-refractivity contribution is 0.299. The van der Waals surface area contributed by atoms with Crippen molar-refractivity contribution in [1.29, 1.82) is 0 Å². The zero-order valence-corrected chi connectivity index (χ0v) is 60.7. The van der Waals surface area contributed by atoms with Gasteiger partial charge in [0, 0.05) is 96.8 Å². The van der Waals surface area contributed by atoms with E-state index in [-0.39, 0.29) is 37.6 Å². The molecule has 12 aromatic rings. The third kappa shape index (κ3) is 17.8. The molecule has 4 N–H and O–H groups in total. The third-order valence-corrected chi connectivity index (χ3v) is 20.4. The number of rotatable bonds is 19. The summed E-state index contributed by atoms with van der Waals surface area (Å²) in [6, 6.07) is 62.9. The number of nitrogens with zero attached hydrogens (tertiary/aromatic N) is 6. The predicted octanol–water partition coefficient (Wildman–Crippen LogP) is 18.2. The summed E-state index contributed by atoms with van der Waals surface area (Å²) in [4.78, 5) is 28.1. The Morgan fingerprint density at radius 2 is 0.779 bits per heavy atom. The lowest BCUT2D eigenvalue weighted by Gasteiger charge is -2.28. The number of hydrogen-bond donors (Lipinski definition) is 4. The van der Waals surface area contributed by atoms with E-state index in [0.717, 1.165) is 132 Å². The van der Waals surface area contributed by atoms with Crippen LogP contribution >= 0.6 is 46.4 Å². The molecule has 528 valence electrons. The summed E-state index contributed by atoms with van der Waals surface area (Å²) >= 11 is 25.4. The van der Waals surface area contributed by atoms with Crippen LogP contribution in [0.25, 0.3) is 33.8 Å². The van der Waals surface area contributed by atoms with Crippen molar-refractivity contribution < 1.29 is 39.1 Å². The molecule has 3 heterocycles. The first-order valence-corrected chi connectivity index (χ1v) is 38.4. The molecule has 0 saturated heterocycles. The second-order valence-electron chi connectivity index (χ2n) is 25.2. The number of aromatic nitrogens is 6. The van der Waals surface area contributed by atoms with Crippen LogP contribution in [0.2, 0.25) is 20.1 Å². The molecular formula is C80H67Cl4F2N9O7S2. The van der Waals surface area contributed by atoms with Gasteiger partial charge in [0.25, 0.3) is 20.2 Å². The van der Waals surface area contributed by atoms with Gasteiger partial charge in [0.15, 0.2) is 11.6 Å². The minimum atomic E-state index is -3.46. The normalized spacial score (nSPS) is 14.6. The molecular weight excluding hydrogens is 1440 g/mol. The third-order valence-electron chi connectivity index (χ3n) is 18.1. The molecule has 3 aromatic heterocycles. The van der Waals surface area contributed by atoms with Gasteiger partial charge in [-0.1, -0.05) is 174 Å². The lowest BCUT2D eigenvalue weighted by atomic mass is 9.78. The van der Waals surface area contributed by atoms with Crippen LogP contribution in [0.5, 0.6) is 0 Å². The maximum Gasteiger partial charge on any atom is 0.264 e. The van der Waals surface area contributed by atoms with Gasteiger partial charge in [-0.05, 0) is 178 Å². The van der Waals surface area contributed by atoms with Crippen LogP contribution in [0, 0.1) is 11.6 Å². The van der Waals surface area contributed by atoms with E-state index in [4.69, 9.17) is 74.8 Å². The summed E-state index contributed by atoms with van der Waals surface area (Å²) in [5.74, 6) is -0.173. The molecule has 9 aromatic carbocycles. The molecule has 15 rings (SSSR count). The molecule has 0 fully saturated rings. The van der Waals surface area contributed by atoms with Crippen LogP contribution in [0.4, 0.5) is 43.7 Å². The Balaban J connectivity index is 0.000000139. The maximum absolute atomic E-state index is 14.0. The zero-order chi connectivity index (χ0) is 72.7. The molecule has 0 aliphatic heterocycles. The SMILES string of the molecule is CS(=O)(=O)OCCc1ccc(Nc2ncc3c(n2)-c2ccccc2C(c2ccc(Cl)cc2Cl)C3)cc1.CS(=O)(=O)OCCc1ccc(Nc2ncc3c(n2)-c2ccccc2[C@@H](c2ccc(F)c(F)c2)C3)cc1.OCCc1ccc(Nc2ncc3c(n2)-c2ccccc2C(c2ccc(Cl)cc2Cl)C3)cc1. The highest BCUT2D eigenvalue weighted by molar-refractivity contribution is 7.86. The smallest absolute Gasteiger partial charge is 0.264 e. The van der Waals surface area contributed by atoms with Gasteiger partial charge in [0.05, 0.1) is 42.8 Å². The summed E-state index contributed by atoms with van der Waals surface area (Å²) in [7, 11) is -6.89. The molecule has 3 aliphatic carbocycles. The van der Waals surface area contributed by atoms with Crippen molar-refractivity contribution in [2.45, 2.75) is 56.3 Å². The molecule has 0 radical (unpaired) electrons. The van der Waals surface area contributed by atoms with Gasteiger partial charge in [0.2, 0.25) is 17.8 Å². The molecule has 104 heavy (non-hydrogen) atoms.